The first kappa shape index (κ1) is 17.1. The first-order chi connectivity index (χ1) is 11.6. The molecule has 1 aromatic heterocycles. The molecule has 0 radical (unpaired) electrons. The summed E-state index contributed by atoms with van der Waals surface area (Å²) in [5.74, 6) is 1.43. The molecule has 0 fully saturated rings. The molecular weight excluding hydrogens is 364 g/mol. The van der Waals surface area contributed by atoms with Crippen molar-refractivity contribution in [2.75, 3.05) is 18.2 Å². The summed E-state index contributed by atoms with van der Waals surface area (Å²) in [6, 6.07) is 11.0. The standard InChI is InChI=1S/C17H15ClN2O2S2/c1-3-23-11-6-4-10(5-7-11)16(21)20-17-19-14-13(22-2)9-8-12(18)15(14)24-17/h4-9H,3H2,1-2H3,(H,19,20,21). The number of thioether (sulfide) groups is 1. The van der Waals surface area contributed by atoms with Crippen molar-refractivity contribution in [1.82, 2.24) is 4.98 Å². The highest BCUT2D eigenvalue weighted by Gasteiger charge is 2.14. The van der Waals surface area contributed by atoms with Gasteiger partial charge in [-0.1, -0.05) is 29.9 Å². The smallest absolute Gasteiger partial charge is 0.257 e. The number of nitrogens with one attached hydrogen (secondary N) is 1. The van der Waals surface area contributed by atoms with Gasteiger partial charge in [0.15, 0.2) is 5.13 Å². The Morgan fingerprint density at radius 2 is 2.04 bits per heavy atom. The quantitative estimate of drug-likeness (QED) is 0.610. The van der Waals surface area contributed by atoms with Crippen molar-refractivity contribution in [3.63, 3.8) is 0 Å². The van der Waals surface area contributed by atoms with Crippen molar-refractivity contribution in [3.8, 4) is 5.75 Å². The highest BCUT2D eigenvalue weighted by molar-refractivity contribution is 7.99. The molecule has 0 aliphatic rings. The summed E-state index contributed by atoms with van der Waals surface area (Å²) in [5, 5.41) is 3.91. The summed E-state index contributed by atoms with van der Waals surface area (Å²) in [7, 11) is 1.58. The predicted octanol–water partition coefficient (Wildman–Crippen LogP) is 5.32. The van der Waals surface area contributed by atoms with Crippen LogP contribution in [0.2, 0.25) is 5.02 Å². The summed E-state index contributed by atoms with van der Waals surface area (Å²) in [4.78, 5) is 18.0. The van der Waals surface area contributed by atoms with Gasteiger partial charge in [-0.2, -0.15) is 0 Å². The molecule has 4 nitrogen and oxygen atoms in total. The summed E-state index contributed by atoms with van der Waals surface area (Å²) in [6.07, 6.45) is 0. The van der Waals surface area contributed by atoms with Crippen molar-refractivity contribution >= 4 is 56.0 Å². The van der Waals surface area contributed by atoms with Gasteiger partial charge in [-0.25, -0.2) is 4.98 Å². The zero-order valence-corrected chi connectivity index (χ0v) is 15.5. The van der Waals surface area contributed by atoms with E-state index in [0.717, 1.165) is 15.3 Å². The molecule has 3 aromatic rings. The number of fused-ring (bicyclic) bond motifs is 1. The first-order valence-corrected chi connectivity index (χ1v) is 9.47. The Morgan fingerprint density at radius 1 is 1.29 bits per heavy atom. The van der Waals surface area contributed by atoms with E-state index in [0.29, 0.717) is 27.0 Å². The van der Waals surface area contributed by atoms with Gasteiger partial charge < -0.3 is 4.74 Å². The Labute approximate surface area is 153 Å². The van der Waals surface area contributed by atoms with E-state index in [1.807, 2.05) is 24.3 Å². The summed E-state index contributed by atoms with van der Waals surface area (Å²) < 4.78 is 6.08. The van der Waals surface area contributed by atoms with Gasteiger partial charge in [-0.05, 0) is 42.2 Å². The van der Waals surface area contributed by atoms with Gasteiger partial charge in [0.25, 0.3) is 5.91 Å². The molecule has 0 unspecified atom stereocenters. The van der Waals surface area contributed by atoms with Crippen LogP contribution in [0.3, 0.4) is 0 Å². The van der Waals surface area contributed by atoms with Crippen LogP contribution in [-0.2, 0) is 0 Å². The van der Waals surface area contributed by atoms with Crippen LogP contribution in [0.5, 0.6) is 5.75 Å². The number of ether oxygens (including phenoxy) is 1. The van der Waals surface area contributed by atoms with E-state index in [1.54, 1.807) is 31.0 Å². The maximum absolute atomic E-state index is 12.4. The SMILES string of the molecule is CCSc1ccc(C(=O)Nc2nc3c(OC)ccc(Cl)c3s2)cc1. The van der Waals surface area contributed by atoms with E-state index in [9.17, 15) is 4.79 Å². The third-order valence-electron chi connectivity index (χ3n) is 3.33. The van der Waals surface area contributed by atoms with Gasteiger partial charge in [-0.15, -0.1) is 11.8 Å². The topological polar surface area (TPSA) is 51.2 Å². The third kappa shape index (κ3) is 3.50. The summed E-state index contributed by atoms with van der Waals surface area (Å²) in [5.41, 5.74) is 1.24. The maximum Gasteiger partial charge on any atom is 0.257 e. The number of aromatic nitrogens is 1. The van der Waals surface area contributed by atoms with Crippen LogP contribution in [0.25, 0.3) is 10.2 Å². The van der Waals surface area contributed by atoms with E-state index in [4.69, 9.17) is 16.3 Å². The van der Waals surface area contributed by atoms with Crippen LogP contribution in [0, 0.1) is 0 Å². The van der Waals surface area contributed by atoms with Crippen LogP contribution in [0.15, 0.2) is 41.3 Å². The van der Waals surface area contributed by atoms with E-state index < -0.39 is 0 Å². The van der Waals surface area contributed by atoms with Gasteiger partial charge in [0.1, 0.15) is 11.3 Å². The van der Waals surface area contributed by atoms with Crippen molar-refractivity contribution in [2.24, 2.45) is 0 Å². The molecule has 24 heavy (non-hydrogen) atoms. The van der Waals surface area contributed by atoms with Gasteiger partial charge in [0.05, 0.1) is 16.8 Å². The molecule has 1 amide bonds. The molecule has 0 spiro atoms. The van der Waals surface area contributed by atoms with E-state index in [-0.39, 0.29) is 5.91 Å². The summed E-state index contributed by atoms with van der Waals surface area (Å²) in [6.45, 7) is 2.10. The second kappa shape index (κ2) is 7.42. The zero-order chi connectivity index (χ0) is 17.1. The number of nitrogens with zero attached hydrogens (tertiary/aromatic N) is 1. The number of benzene rings is 2. The lowest BCUT2D eigenvalue weighted by molar-refractivity contribution is 0.102. The summed E-state index contributed by atoms with van der Waals surface area (Å²) >= 11 is 9.27. The maximum atomic E-state index is 12.4. The molecule has 1 N–H and O–H groups in total. The molecule has 0 aliphatic heterocycles. The molecule has 7 heteroatoms. The first-order valence-electron chi connectivity index (χ1n) is 7.29. The van der Waals surface area contributed by atoms with Crippen molar-refractivity contribution in [3.05, 3.63) is 47.0 Å². The Morgan fingerprint density at radius 3 is 2.71 bits per heavy atom. The molecule has 2 aromatic carbocycles. The van der Waals surface area contributed by atoms with Gasteiger partial charge >= 0.3 is 0 Å². The number of anilines is 1. The minimum atomic E-state index is -0.197. The lowest BCUT2D eigenvalue weighted by Gasteiger charge is -2.03. The van der Waals surface area contributed by atoms with Crippen molar-refractivity contribution in [2.45, 2.75) is 11.8 Å². The lowest BCUT2D eigenvalue weighted by Crippen LogP contribution is -2.11. The Balaban J connectivity index is 1.84. The molecular formula is C17H15ClN2O2S2. The number of carbonyl (C=O) groups is 1. The minimum absolute atomic E-state index is 0.197. The largest absolute Gasteiger partial charge is 0.494 e. The lowest BCUT2D eigenvalue weighted by atomic mass is 10.2. The second-order valence-electron chi connectivity index (χ2n) is 4.86. The van der Waals surface area contributed by atoms with Gasteiger partial charge in [0.2, 0.25) is 0 Å². The second-order valence-corrected chi connectivity index (χ2v) is 7.60. The molecule has 0 aliphatic carbocycles. The normalized spacial score (nSPS) is 10.8. The number of hydrogen-bond acceptors (Lipinski definition) is 5. The van der Waals surface area contributed by atoms with Crippen molar-refractivity contribution < 1.29 is 9.53 Å². The average molecular weight is 379 g/mol. The molecule has 1 heterocycles. The Kier molecular flexibility index (Phi) is 5.28. The fraction of sp³-hybridized carbons (Fsp3) is 0.176. The number of rotatable bonds is 5. The molecule has 0 saturated carbocycles. The van der Waals surface area contributed by atoms with Gasteiger partial charge in [-0.3, -0.25) is 10.1 Å². The van der Waals surface area contributed by atoms with Crippen LogP contribution < -0.4 is 10.1 Å². The molecule has 0 saturated heterocycles. The monoisotopic (exact) mass is 378 g/mol. The highest BCUT2D eigenvalue weighted by atomic mass is 35.5. The zero-order valence-electron chi connectivity index (χ0n) is 13.1. The minimum Gasteiger partial charge on any atom is -0.494 e. The number of methoxy groups -OCH3 is 1. The Hall–Kier alpha value is -1.76. The van der Waals surface area contributed by atoms with Crippen LogP contribution >= 0.6 is 34.7 Å². The van der Waals surface area contributed by atoms with E-state index >= 15 is 0 Å². The number of carbonyl (C=O) groups excluding carboxylic acids is 1. The van der Waals surface area contributed by atoms with E-state index in [1.165, 1.54) is 11.3 Å². The Bertz CT molecular complexity index is 878. The third-order valence-corrected chi connectivity index (χ3v) is 5.65. The highest BCUT2D eigenvalue weighted by Crippen LogP contribution is 2.37. The van der Waals surface area contributed by atoms with Crippen LogP contribution in [0.4, 0.5) is 5.13 Å². The number of thiazole rings is 1. The number of hydrogen-bond donors (Lipinski definition) is 1. The molecule has 0 atom stereocenters. The number of halogens is 1. The van der Waals surface area contributed by atoms with Crippen molar-refractivity contribution in [1.29, 1.82) is 0 Å². The molecule has 124 valence electrons. The van der Waals surface area contributed by atoms with Crippen LogP contribution in [-0.4, -0.2) is 23.8 Å². The fourth-order valence-electron chi connectivity index (χ4n) is 2.21. The number of amides is 1. The van der Waals surface area contributed by atoms with E-state index in [2.05, 4.69) is 17.2 Å². The average Bonchev–Trinajstić information content (AvgIpc) is 3.01. The van der Waals surface area contributed by atoms with Crippen LogP contribution in [0.1, 0.15) is 17.3 Å². The fourth-order valence-corrected chi connectivity index (χ4v) is 4.02. The predicted molar refractivity (Wildman–Crippen MR) is 102 cm³/mol. The molecule has 0 bridgehead atoms. The van der Waals surface area contributed by atoms with Gasteiger partial charge in [0, 0.05) is 10.5 Å². The molecule has 3 rings (SSSR count).